The Morgan fingerprint density at radius 1 is 0.750 bits per heavy atom. The lowest BCUT2D eigenvalue weighted by Crippen LogP contribution is -2.67. The summed E-state index contributed by atoms with van der Waals surface area (Å²) in [6, 6.07) is 0. The maximum atomic E-state index is 14.5. The molecule has 0 heterocycles. The van der Waals surface area contributed by atoms with Crippen molar-refractivity contribution >= 4 is 17.8 Å². The van der Waals surface area contributed by atoms with Crippen molar-refractivity contribution in [3.05, 3.63) is 12.2 Å². The normalized spacial score (nSPS) is 39.3. The summed E-state index contributed by atoms with van der Waals surface area (Å²) in [6.45, 7) is 25.7. The number of hydrogen-bond donors (Lipinski definition) is 1. The molecule has 6 heteroatoms. The molecule has 10 atom stereocenters. The first-order chi connectivity index (χ1) is 24.3. The van der Waals surface area contributed by atoms with Crippen LogP contribution in [0.3, 0.4) is 0 Å². The maximum absolute atomic E-state index is 14.5. The largest absolute Gasteiger partial charge is 0.469 e. The van der Waals surface area contributed by atoms with Gasteiger partial charge < -0.3 is 14.8 Å². The third kappa shape index (κ3) is 7.06. The lowest BCUT2D eigenvalue weighted by molar-refractivity contribution is -0.248. The van der Waals surface area contributed by atoms with Gasteiger partial charge in [-0.3, -0.25) is 14.4 Å². The molecule has 5 fully saturated rings. The summed E-state index contributed by atoms with van der Waals surface area (Å²) in [5, 5.41) is 3.51. The highest BCUT2D eigenvalue weighted by atomic mass is 16.5. The molecule has 52 heavy (non-hydrogen) atoms. The predicted molar refractivity (Wildman–Crippen MR) is 210 cm³/mol. The molecular weight excluding hydrogens is 647 g/mol. The van der Waals surface area contributed by atoms with Crippen LogP contribution in [-0.2, 0) is 23.9 Å². The smallest absolute Gasteiger partial charge is 0.311 e. The fourth-order valence-corrected chi connectivity index (χ4v) is 14.3. The van der Waals surface area contributed by atoms with Crippen molar-refractivity contribution in [1.82, 2.24) is 5.32 Å². The summed E-state index contributed by atoms with van der Waals surface area (Å²) >= 11 is 0. The van der Waals surface area contributed by atoms with Gasteiger partial charge in [0.1, 0.15) is 6.10 Å². The lowest BCUT2D eigenvalue weighted by Gasteiger charge is -2.72. The Morgan fingerprint density at radius 3 is 2.04 bits per heavy atom. The van der Waals surface area contributed by atoms with Crippen LogP contribution in [0.2, 0.25) is 0 Å². The molecule has 0 saturated heterocycles. The summed E-state index contributed by atoms with van der Waals surface area (Å²) in [5.74, 6) is 2.63. The molecule has 1 amide bonds. The van der Waals surface area contributed by atoms with E-state index in [4.69, 9.17) is 9.47 Å². The van der Waals surface area contributed by atoms with Gasteiger partial charge in [-0.2, -0.15) is 0 Å². The minimum absolute atomic E-state index is 0.00575. The van der Waals surface area contributed by atoms with E-state index in [1.807, 2.05) is 13.8 Å². The first kappa shape index (κ1) is 41.3. The molecule has 5 saturated carbocycles. The Balaban J connectivity index is 1.21. The average Bonchev–Trinajstić information content (AvgIpc) is 3.48. The Labute approximate surface area is 318 Å². The van der Waals surface area contributed by atoms with Crippen LogP contribution >= 0.6 is 0 Å². The number of ether oxygens (including phenoxy) is 2. The highest BCUT2D eigenvalue weighted by molar-refractivity contribution is 5.84. The molecule has 1 N–H and O–H groups in total. The number of nitrogens with one attached hydrogen (secondary N) is 1. The van der Waals surface area contributed by atoms with Gasteiger partial charge in [0.2, 0.25) is 5.91 Å². The number of allylic oxidation sites excluding steroid dienone is 1. The summed E-state index contributed by atoms with van der Waals surface area (Å²) < 4.78 is 10.9. The van der Waals surface area contributed by atoms with Crippen LogP contribution in [0, 0.1) is 62.1 Å². The lowest BCUT2D eigenvalue weighted by atomic mass is 9.32. The Bertz CT molecular complexity index is 1340. The number of unbranched alkanes of at least 4 members (excludes halogenated alkanes) is 6. The van der Waals surface area contributed by atoms with E-state index in [1.54, 1.807) is 6.92 Å². The van der Waals surface area contributed by atoms with Crippen LogP contribution in [0.4, 0.5) is 0 Å². The van der Waals surface area contributed by atoms with Crippen molar-refractivity contribution in [3.8, 4) is 0 Å². The minimum Gasteiger partial charge on any atom is -0.469 e. The van der Waals surface area contributed by atoms with Crippen LogP contribution < -0.4 is 5.32 Å². The van der Waals surface area contributed by atoms with Crippen molar-refractivity contribution in [1.29, 1.82) is 0 Å². The molecule has 1 unspecified atom stereocenters. The highest BCUT2D eigenvalue weighted by Crippen LogP contribution is 2.77. The zero-order chi connectivity index (χ0) is 38.3. The number of fused-ring (bicyclic) bond motifs is 7. The Hall–Kier alpha value is -1.85. The van der Waals surface area contributed by atoms with Gasteiger partial charge in [0.15, 0.2) is 0 Å². The van der Waals surface area contributed by atoms with E-state index in [9.17, 15) is 14.4 Å². The Morgan fingerprint density at radius 2 is 1.40 bits per heavy atom. The molecule has 0 aliphatic heterocycles. The van der Waals surface area contributed by atoms with Gasteiger partial charge in [-0.1, -0.05) is 85.3 Å². The first-order valence-corrected chi connectivity index (χ1v) is 21.5. The first-order valence-electron chi connectivity index (χ1n) is 21.5. The summed E-state index contributed by atoms with van der Waals surface area (Å²) in [5.41, 5.74) is 1.25. The van der Waals surface area contributed by atoms with Crippen LogP contribution in [0.1, 0.15) is 178 Å². The van der Waals surface area contributed by atoms with Gasteiger partial charge in [-0.05, 0) is 144 Å². The zero-order valence-corrected chi connectivity index (χ0v) is 35.1. The molecule has 0 spiro atoms. The van der Waals surface area contributed by atoms with Crippen molar-refractivity contribution in [3.63, 3.8) is 0 Å². The predicted octanol–water partition coefficient (Wildman–Crippen LogP) is 11.0. The van der Waals surface area contributed by atoms with Crippen molar-refractivity contribution < 1.29 is 23.9 Å². The molecule has 0 bridgehead atoms. The fraction of sp³-hybridized carbons (Fsp3) is 0.891. The van der Waals surface area contributed by atoms with E-state index in [-0.39, 0.29) is 45.1 Å². The SMILES string of the molecule is C=C(C)[C@@H]1CC[C@]2(C(=O)NCCCCCCCCCC(C)(C)C(=O)OC)CC[C@]3(C)[C@H](CCC4[C@@]5(C)CC[C@H](OC(C)=O)C(C)(C)[C@@H]5CC[C@]43C)[C@@H]12. The summed E-state index contributed by atoms with van der Waals surface area (Å²) in [6.07, 6.45) is 20.2. The maximum Gasteiger partial charge on any atom is 0.311 e. The number of hydrogen-bond acceptors (Lipinski definition) is 5. The van der Waals surface area contributed by atoms with E-state index in [0.717, 1.165) is 77.2 Å². The molecule has 5 aliphatic carbocycles. The number of carbonyl (C=O) groups excluding carboxylic acids is 3. The molecule has 6 nitrogen and oxygen atoms in total. The van der Waals surface area contributed by atoms with Gasteiger partial charge in [0.25, 0.3) is 0 Å². The second-order valence-corrected chi connectivity index (χ2v) is 20.7. The standard InChI is InChI=1S/C46H77NO5/c1-31(2)33-21-27-46(39(49)47-30-18-16-14-12-13-15-17-24-41(4,5)40(50)51-11)29-28-44(9)34(38(33)46)19-20-36-43(8)25-23-37(52-32(3)48)42(6,7)35(43)22-26-45(36,44)10/h33-38H,1,12-30H2,2-11H3,(H,47,49)/t33-,34+,35-,36?,37-,38+,43-,44+,45+,46-/m0/s1. The highest BCUT2D eigenvalue weighted by Gasteiger charge is 2.72. The molecule has 0 radical (unpaired) electrons. The number of carbonyl (C=O) groups is 3. The zero-order valence-electron chi connectivity index (χ0n) is 35.1. The number of rotatable bonds is 14. The second-order valence-electron chi connectivity index (χ2n) is 20.7. The third-order valence-electron chi connectivity index (χ3n) is 17.3. The molecule has 296 valence electrons. The monoisotopic (exact) mass is 724 g/mol. The second kappa shape index (κ2) is 15.4. The number of amides is 1. The molecule has 0 aromatic carbocycles. The number of esters is 2. The van der Waals surface area contributed by atoms with Gasteiger partial charge in [0, 0.05) is 18.9 Å². The minimum atomic E-state index is -0.396. The molecule has 0 aromatic rings. The van der Waals surface area contributed by atoms with Gasteiger partial charge in [0.05, 0.1) is 17.9 Å². The van der Waals surface area contributed by atoms with E-state index >= 15 is 0 Å². The van der Waals surface area contributed by atoms with Crippen LogP contribution in [0.5, 0.6) is 0 Å². The fourth-order valence-electron chi connectivity index (χ4n) is 14.3. The summed E-state index contributed by atoms with van der Waals surface area (Å²) in [7, 11) is 1.47. The van der Waals surface area contributed by atoms with Gasteiger partial charge >= 0.3 is 11.9 Å². The van der Waals surface area contributed by atoms with Crippen molar-refractivity contribution in [2.45, 2.75) is 184 Å². The van der Waals surface area contributed by atoms with Crippen molar-refractivity contribution in [2.75, 3.05) is 13.7 Å². The van der Waals surface area contributed by atoms with E-state index in [2.05, 4.69) is 53.4 Å². The van der Waals surface area contributed by atoms with E-state index < -0.39 is 5.41 Å². The van der Waals surface area contributed by atoms with Crippen LogP contribution in [0.25, 0.3) is 0 Å². The topological polar surface area (TPSA) is 81.7 Å². The quantitative estimate of drug-likeness (QED) is 0.110. The third-order valence-corrected chi connectivity index (χ3v) is 17.3. The molecule has 5 aliphatic rings. The van der Waals surface area contributed by atoms with E-state index in [1.165, 1.54) is 57.6 Å². The molecule has 5 rings (SSSR count). The molecular formula is C46H77NO5. The van der Waals surface area contributed by atoms with Crippen LogP contribution in [0.15, 0.2) is 12.2 Å². The van der Waals surface area contributed by atoms with Crippen LogP contribution in [-0.4, -0.2) is 37.6 Å². The average molecular weight is 724 g/mol. The molecule has 0 aromatic heterocycles. The Kier molecular flexibility index (Phi) is 12.2. The number of methoxy groups -OCH3 is 1. The summed E-state index contributed by atoms with van der Waals surface area (Å²) in [4.78, 5) is 38.5. The van der Waals surface area contributed by atoms with Crippen molar-refractivity contribution in [2.24, 2.45) is 62.1 Å². The van der Waals surface area contributed by atoms with Gasteiger partial charge in [-0.25, -0.2) is 0 Å². The van der Waals surface area contributed by atoms with Gasteiger partial charge in [-0.15, -0.1) is 0 Å². The van der Waals surface area contributed by atoms with E-state index in [0.29, 0.717) is 35.5 Å².